The van der Waals surface area contributed by atoms with E-state index in [-0.39, 0.29) is 11.4 Å². The fourth-order valence-electron chi connectivity index (χ4n) is 2.20. The van der Waals surface area contributed by atoms with Crippen molar-refractivity contribution in [1.82, 2.24) is 4.98 Å². The molecule has 1 heterocycles. The van der Waals surface area contributed by atoms with Gasteiger partial charge in [-0.15, -0.1) is 0 Å². The van der Waals surface area contributed by atoms with Crippen molar-refractivity contribution in [1.29, 1.82) is 0 Å². The van der Waals surface area contributed by atoms with Crippen LogP contribution in [0.2, 0.25) is 0 Å². The van der Waals surface area contributed by atoms with Gasteiger partial charge in [-0.25, -0.2) is 8.42 Å². The summed E-state index contributed by atoms with van der Waals surface area (Å²) in [5.41, 5.74) is 7.63. The molecule has 0 atom stereocenters. The van der Waals surface area contributed by atoms with Crippen molar-refractivity contribution in [2.24, 2.45) is 5.73 Å². The Morgan fingerprint density at radius 2 is 2.00 bits per heavy atom. The molecule has 6 heteroatoms. The highest BCUT2D eigenvalue weighted by Crippen LogP contribution is 2.25. The van der Waals surface area contributed by atoms with Crippen LogP contribution < -0.4 is 10.0 Å². The first-order chi connectivity index (χ1) is 10.0. The van der Waals surface area contributed by atoms with Gasteiger partial charge in [0.05, 0.1) is 11.4 Å². The molecular formula is C15H19N3O2S. The highest BCUT2D eigenvalue weighted by molar-refractivity contribution is 7.92. The molecule has 0 bridgehead atoms. The van der Waals surface area contributed by atoms with Crippen LogP contribution in [0.1, 0.15) is 18.2 Å². The Hall–Kier alpha value is -1.92. The lowest BCUT2D eigenvalue weighted by Gasteiger charge is -2.24. The van der Waals surface area contributed by atoms with Gasteiger partial charge in [-0.2, -0.15) is 0 Å². The number of nitrogens with zero attached hydrogens (tertiary/aromatic N) is 2. The predicted octanol–water partition coefficient (Wildman–Crippen LogP) is 2.06. The van der Waals surface area contributed by atoms with Crippen LogP contribution >= 0.6 is 0 Å². The number of hydrogen-bond donors (Lipinski definition) is 1. The van der Waals surface area contributed by atoms with Gasteiger partial charge in [0.25, 0.3) is 10.0 Å². The molecule has 2 rings (SSSR count). The average Bonchev–Trinajstić information content (AvgIpc) is 2.47. The highest BCUT2D eigenvalue weighted by atomic mass is 32.2. The monoisotopic (exact) mass is 305 g/mol. The van der Waals surface area contributed by atoms with Crippen LogP contribution in [0.4, 0.5) is 5.69 Å². The molecule has 0 saturated heterocycles. The lowest BCUT2D eigenvalue weighted by molar-refractivity contribution is 0.590. The summed E-state index contributed by atoms with van der Waals surface area (Å²) >= 11 is 0. The summed E-state index contributed by atoms with van der Waals surface area (Å²) in [5.74, 6) is 0. The van der Waals surface area contributed by atoms with Crippen LogP contribution in [0.25, 0.3) is 0 Å². The Balaban J connectivity index is 2.55. The molecule has 0 spiro atoms. The molecule has 0 aliphatic heterocycles. The van der Waals surface area contributed by atoms with Crippen molar-refractivity contribution < 1.29 is 8.42 Å². The van der Waals surface area contributed by atoms with Gasteiger partial charge >= 0.3 is 0 Å². The topological polar surface area (TPSA) is 76.3 Å². The van der Waals surface area contributed by atoms with Crippen LogP contribution in [0.5, 0.6) is 0 Å². The number of hydrogen-bond acceptors (Lipinski definition) is 4. The number of sulfonamides is 1. The van der Waals surface area contributed by atoms with Crippen molar-refractivity contribution >= 4 is 15.7 Å². The number of anilines is 1. The molecular weight excluding hydrogens is 286 g/mol. The Kier molecular flexibility index (Phi) is 4.59. The van der Waals surface area contributed by atoms with Crippen LogP contribution in [-0.4, -0.2) is 19.9 Å². The van der Waals surface area contributed by atoms with Gasteiger partial charge in [0.2, 0.25) is 0 Å². The number of aryl methyl sites for hydroxylation is 1. The molecule has 0 radical (unpaired) electrons. The second kappa shape index (κ2) is 6.24. The summed E-state index contributed by atoms with van der Waals surface area (Å²) in [6, 6.07) is 10.6. The Bertz CT molecular complexity index is 729. The standard InChI is InChI=1S/C15H19N3O2S/c1-3-18(13-7-4-6-12(2)10-13)21(19,20)15-8-5-9-17-14(15)11-16/h4-10H,3,11,16H2,1-2H3. The van der Waals surface area contributed by atoms with Crippen molar-refractivity contribution in [2.75, 3.05) is 10.8 Å². The van der Waals surface area contributed by atoms with E-state index in [1.165, 1.54) is 4.31 Å². The second-order valence-electron chi connectivity index (χ2n) is 4.66. The summed E-state index contributed by atoms with van der Waals surface area (Å²) < 4.78 is 27.1. The zero-order valence-electron chi connectivity index (χ0n) is 12.2. The number of rotatable bonds is 5. The largest absolute Gasteiger partial charge is 0.325 e. The van der Waals surface area contributed by atoms with E-state index in [4.69, 9.17) is 5.73 Å². The summed E-state index contributed by atoms with van der Waals surface area (Å²) in [7, 11) is -3.67. The highest BCUT2D eigenvalue weighted by Gasteiger charge is 2.26. The van der Waals surface area contributed by atoms with Gasteiger partial charge in [0.1, 0.15) is 4.90 Å². The van der Waals surface area contributed by atoms with Crippen molar-refractivity contribution in [3.8, 4) is 0 Å². The van der Waals surface area contributed by atoms with E-state index in [0.29, 0.717) is 17.9 Å². The normalized spacial score (nSPS) is 11.4. The molecule has 1 aromatic carbocycles. The van der Waals surface area contributed by atoms with E-state index in [9.17, 15) is 8.42 Å². The third-order valence-electron chi connectivity index (χ3n) is 3.19. The van der Waals surface area contributed by atoms with Gasteiger partial charge in [-0.3, -0.25) is 9.29 Å². The molecule has 0 unspecified atom stereocenters. The zero-order chi connectivity index (χ0) is 15.5. The van der Waals surface area contributed by atoms with E-state index in [1.807, 2.05) is 25.1 Å². The van der Waals surface area contributed by atoms with E-state index < -0.39 is 10.0 Å². The molecule has 1 aromatic heterocycles. The number of nitrogens with two attached hydrogens (primary N) is 1. The first-order valence-electron chi connectivity index (χ1n) is 6.74. The van der Waals surface area contributed by atoms with Crippen LogP contribution in [0.15, 0.2) is 47.5 Å². The van der Waals surface area contributed by atoms with Crippen molar-refractivity contribution in [3.63, 3.8) is 0 Å². The summed E-state index contributed by atoms with van der Waals surface area (Å²) in [4.78, 5) is 4.22. The average molecular weight is 305 g/mol. The molecule has 0 aliphatic rings. The Morgan fingerprint density at radius 1 is 1.24 bits per heavy atom. The third kappa shape index (κ3) is 3.06. The Morgan fingerprint density at radius 3 is 2.62 bits per heavy atom. The Labute approximate surface area is 125 Å². The SMILES string of the molecule is CCN(c1cccc(C)c1)S(=O)(=O)c1cccnc1CN. The van der Waals surface area contributed by atoms with Crippen molar-refractivity contribution in [2.45, 2.75) is 25.3 Å². The van der Waals surface area contributed by atoms with E-state index in [0.717, 1.165) is 5.56 Å². The molecule has 5 nitrogen and oxygen atoms in total. The maximum Gasteiger partial charge on any atom is 0.266 e. The molecule has 0 fully saturated rings. The van der Waals surface area contributed by atoms with Gasteiger partial charge in [-0.05, 0) is 43.7 Å². The lowest BCUT2D eigenvalue weighted by Crippen LogP contribution is -2.32. The van der Waals surface area contributed by atoms with Gasteiger partial charge in [0.15, 0.2) is 0 Å². The molecule has 0 aliphatic carbocycles. The van der Waals surface area contributed by atoms with Gasteiger partial charge in [-0.1, -0.05) is 12.1 Å². The predicted molar refractivity (Wildman–Crippen MR) is 83.5 cm³/mol. The maximum atomic E-state index is 12.9. The zero-order valence-corrected chi connectivity index (χ0v) is 13.0. The molecule has 0 saturated carbocycles. The van der Waals surface area contributed by atoms with Crippen molar-refractivity contribution in [3.05, 3.63) is 53.9 Å². The summed E-state index contributed by atoms with van der Waals surface area (Å²) in [6.07, 6.45) is 1.55. The molecule has 2 N–H and O–H groups in total. The minimum absolute atomic E-state index is 0.0841. The van der Waals surface area contributed by atoms with E-state index in [1.54, 1.807) is 31.3 Å². The fraction of sp³-hybridized carbons (Fsp3) is 0.267. The minimum Gasteiger partial charge on any atom is -0.325 e. The number of benzene rings is 1. The van der Waals surface area contributed by atoms with Gasteiger partial charge < -0.3 is 5.73 Å². The molecule has 112 valence electrons. The molecule has 0 amide bonds. The quantitative estimate of drug-likeness (QED) is 0.917. The summed E-state index contributed by atoms with van der Waals surface area (Å²) in [6.45, 7) is 4.16. The lowest BCUT2D eigenvalue weighted by atomic mass is 10.2. The van der Waals surface area contributed by atoms with Crippen LogP contribution in [-0.2, 0) is 16.6 Å². The van der Waals surface area contributed by atoms with Gasteiger partial charge in [0, 0.05) is 19.3 Å². The van der Waals surface area contributed by atoms with Crippen LogP contribution in [0.3, 0.4) is 0 Å². The third-order valence-corrected chi connectivity index (χ3v) is 5.16. The first kappa shape index (κ1) is 15.5. The first-order valence-corrected chi connectivity index (χ1v) is 8.18. The number of pyridine rings is 1. The molecule has 2 aromatic rings. The summed E-state index contributed by atoms with van der Waals surface area (Å²) in [5, 5.41) is 0. The minimum atomic E-state index is -3.67. The maximum absolute atomic E-state index is 12.9. The smallest absolute Gasteiger partial charge is 0.266 e. The molecule has 21 heavy (non-hydrogen) atoms. The number of aromatic nitrogens is 1. The second-order valence-corrected chi connectivity index (χ2v) is 6.49. The van der Waals surface area contributed by atoms with Crippen LogP contribution in [0, 0.1) is 6.92 Å². The van der Waals surface area contributed by atoms with E-state index in [2.05, 4.69) is 4.98 Å². The fourth-order valence-corrected chi connectivity index (χ4v) is 3.86. The van der Waals surface area contributed by atoms with E-state index >= 15 is 0 Å².